The fourth-order valence-corrected chi connectivity index (χ4v) is 3.33. The first-order valence-corrected chi connectivity index (χ1v) is 10.2. The molecule has 0 aromatic heterocycles. The SMILES string of the molecule is COc1ccc(OC)c(N(CC(=O)N/N=C\c2ccccc2Cl)S(C)(=O)=O)c1. The quantitative estimate of drug-likeness (QED) is 0.517. The van der Waals surface area contributed by atoms with Gasteiger partial charge in [0.15, 0.2) is 0 Å². The van der Waals surface area contributed by atoms with Crippen molar-refractivity contribution in [3.63, 3.8) is 0 Å². The number of nitrogens with zero attached hydrogens (tertiary/aromatic N) is 2. The van der Waals surface area contributed by atoms with Crippen LogP contribution in [0.5, 0.6) is 11.5 Å². The number of ether oxygens (including phenoxy) is 2. The van der Waals surface area contributed by atoms with Crippen molar-refractivity contribution in [2.24, 2.45) is 5.10 Å². The summed E-state index contributed by atoms with van der Waals surface area (Å²) in [4.78, 5) is 12.3. The summed E-state index contributed by atoms with van der Waals surface area (Å²) < 4.78 is 35.8. The van der Waals surface area contributed by atoms with Gasteiger partial charge in [0, 0.05) is 16.7 Å². The summed E-state index contributed by atoms with van der Waals surface area (Å²) in [5.74, 6) is 0.0544. The van der Waals surface area contributed by atoms with Gasteiger partial charge >= 0.3 is 0 Å². The standard InChI is InChI=1S/C18H20ClN3O5S/c1-26-14-8-9-17(27-2)16(10-14)22(28(3,24)25)12-18(23)21-20-11-13-6-4-5-7-15(13)19/h4-11H,12H2,1-3H3,(H,21,23)/b20-11-. The summed E-state index contributed by atoms with van der Waals surface area (Å²) in [6, 6.07) is 11.6. The number of hydrogen-bond acceptors (Lipinski definition) is 6. The van der Waals surface area contributed by atoms with Gasteiger partial charge in [-0.15, -0.1) is 0 Å². The summed E-state index contributed by atoms with van der Waals surface area (Å²) in [6.07, 6.45) is 2.36. The highest BCUT2D eigenvalue weighted by Gasteiger charge is 2.24. The summed E-state index contributed by atoms with van der Waals surface area (Å²) in [5, 5.41) is 4.29. The second-order valence-corrected chi connectivity index (χ2v) is 7.94. The normalized spacial score (nSPS) is 11.3. The van der Waals surface area contributed by atoms with Gasteiger partial charge in [0.1, 0.15) is 18.0 Å². The summed E-state index contributed by atoms with van der Waals surface area (Å²) in [5.41, 5.74) is 3.08. The highest BCUT2D eigenvalue weighted by atomic mass is 35.5. The second kappa shape index (κ2) is 9.43. The topological polar surface area (TPSA) is 97.3 Å². The Hall–Kier alpha value is -2.78. The van der Waals surface area contributed by atoms with Crippen LogP contribution in [0.3, 0.4) is 0 Å². The molecule has 2 aromatic carbocycles. The Balaban J connectivity index is 2.22. The van der Waals surface area contributed by atoms with Crippen LogP contribution < -0.4 is 19.2 Å². The largest absolute Gasteiger partial charge is 0.497 e. The Morgan fingerprint density at radius 2 is 1.93 bits per heavy atom. The molecule has 10 heteroatoms. The molecular formula is C18H20ClN3O5S. The molecule has 1 N–H and O–H groups in total. The average Bonchev–Trinajstić information content (AvgIpc) is 2.66. The van der Waals surface area contributed by atoms with E-state index in [4.69, 9.17) is 21.1 Å². The van der Waals surface area contributed by atoms with Gasteiger partial charge in [-0.05, 0) is 18.2 Å². The average molecular weight is 426 g/mol. The number of amides is 1. The molecule has 0 aliphatic rings. The van der Waals surface area contributed by atoms with Crippen molar-refractivity contribution in [3.8, 4) is 11.5 Å². The van der Waals surface area contributed by atoms with Crippen LogP contribution in [0.25, 0.3) is 0 Å². The van der Waals surface area contributed by atoms with E-state index in [0.29, 0.717) is 16.3 Å². The van der Waals surface area contributed by atoms with Gasteiger partial charge in [-0.1, -0.05) is 29.8 Å². The predicted molar refractivity (Wildman–Crippen MR) is 109 cm³/mol. The monoisotopic (exact) mass is 425 g/mol. The number of rotatable bonds is 8. The van der Waals surface area contributed by atoms with Crippen LogP contribution in [0.1, 0.15) is 5.56 Å². The van der Waals surface area contributed by atoms with Crippen LogP contribution in [0.4, 0.5) is 5.69 Å². The summed E-state index contributed by atoms with van der Waals surface area (Å²) in [6.45, 7) is -0.498. The van der Waals surface area contributed by atoms with Crippen LogP contribution in [-0.4, -0.2) is 47.6 Å². The Labute approximate surface area is 168 Å². The lowest BCUT2D eigenvalue weighted by Gasteiger charge is -2.23. The van der Waals surface area contributed by atoms with Crippen LogP contribution >= 0.6 is 11.6 Å². The third-order valence-electron chi connectivity index (χ3n) is 3.64. The minimum absolute atomic E-state index is 0.176. The molecule has 150 valence electrons. The van der Waals surface area contributed by atoms with E-state index in [1.165, 1.54) is 26.5 Å². The van der Waals surface area contributed by atoms with Crippen molar-refractivity contribution in [1.82, 2.24) is 5.43 Å². The summed E-state index contributed by atoms with van der Waals surface area (Å²) >= 11 is 6.01. The van der Waals surface area contributed by atoms with Crippen molar-refractivity contribution >= 4 is 39.4 Å². The first kappa shape index (κ1) is 21.5. The Morgan fingerprint density at radius 3 is 2.54 bits per heavy atom. The lowest BCUT2D eigenvalue weighted by Crippen LogP contribution is -2.39. The zero-order chi connectivity index (χ0) is 20.7. The van der Waals surface area contributed by atoms with Crippen molar-refractivity contribution in [3.05, 3.63) is 53.1 Å². The molecule has 1 amide bonds. The summed E-state index contributed by atoms with van der Waals surface area (Å²) in [7, 11) is -0.937. The molecule has 28 heavy (non-hydrogen) atoms. The smallest absolute Gasteiger partial charge is 0.260 e. The Kier molecular flexibility index (Phi) is 7.24. The second-order valence-electron chi connectivity index (χ2n) is 5.62. The van der Waals surface area contributed by atoms with Gasteiger partial charge in [0.2, 0.25) is 10.0 Å². The van der Waals surface area contributed by atoms with E-state index >= 15 is 0 Å². The maximum absolute atomic E-state index is 12.3. The van der Waals surface area contributed by atoms with Gasteiger partial charge in [-0.25, -0.2) is 13.8 Å². The van der Waals surface area contributed by atoms with E-state index in [2.05, 4.69) is 10.5 Å². The molecule has 0 fully saturated rings. The molecule has 0 aliphatic heterocycles. The molecule has 0 heterocycles. The zero-order valence-electron chi connectivity index (χ0n) is 15.5. The molecule has 2 aromatic rings. The number of carbonyl (C=O) groups excluding carboxylic acids is 1. The molecule has 0 radical (unpaired) electrons. The van der Waals surface area contributed by atoms with E-state index < -0.39 is 22.5 Å². The van der Waals surface area contributed by atoms with Gasteiger partial charge in [-0.2, -0.15) is 5.10 Å². The third kappa shape index (κ3) is 5.61. The first-order valence-electron chi connectivity index (χ1n) is 8.02. The fourth-order valence-electron chi connectivity index (χ4n) is 2.29. The zero-order valence-corrected chi connectivity index (χ0v) is 17.1. The number of carbonyl (C=O) groups is 1. The minimum atomic E-state index is -3.79. The Morgan fingerprint density at radius 1 is 1.21 bits per heavy atom. The van der Waals surface area contributed by atoms with Crippen molar-refractivity contribution < 1.29 is 22.7 Å². The maximum atomic E-state index is 12.3. The van der Waals surface area contributed by atoms with Gasteiger partial charge < -0.3 is 9.47 Å². The molecule has 2 rings (SSSR count). The number of hydrazone groups is 1. The predicted octanol–water partition coefficient (Wildman–Crippen LogP) is 2.27. The fraction of sp³-hybridized carbons (Fsp3) is 0.222. The van der Waals surface area contributed by atoms with Crippen molar-refractivity contribution in [2.45, 2.75) is 0 Å². The number of anilines is 1. The van der Waals surface area contributed by atoms with E-state index in [1.807, 2.05) is 0 Å². The first-order chi connectivity index (χ1) is 13.3. The molecule has 0 saturated carbocycles. The number of halogens is 1. The lowest BCUT2D eigenvalue weighted by molar-refractivity contribution is -0.119. The number of methoxy groups -OCH3 is 2. The molecule has 0 saturated heterocycles. The van der Waals surface area contributed by atoms with Crippen molar-refractivity contribution in [2.75, 3.05) is 31.3 Å². The van der Waals surface area contributed by atoms with E-state index in [0.717, 1.165) is 10.6 Å². The molecule has 0 atom stereocenters. The lowest BCUT2D eigenvalue weighted by atomic mass is 10.2. The van der Waals surface area contributed by atoms with Gasteiger partial charge in [0.25, 0.3) is 5.91 Å². The van der Waals surface area contributed by atoms with Crippen molar-refractivity contribution in [1.29, 1.82) is 0 Å². The minimum Gasteiger partial charge on any atom is -0.497 e. The molecular weight excluding hydrogens is 406 g/mol. The van der Waals surface area contributed by atoms with E-state index in [9.17, 15) is 13.2 Å². The highest BCUT2D eigenvalue weighted by molar-refractivity contribution is 7.92. The Bertz CT molecular complexity index is 979. The number of nitrogens with one attached hydrogen (secondary N) is 1. The third-order valence-corrected chi connectivity index (χ3v) is 5.11. The maximum Gasteiger partial charge on any atom is 0.260 e. The molecule has 0 unspecified atom stereocenters. The van der Waals surface area contributed by atoms with Crippen LogP contribution in [0.15, 0.2) is 47.6 Å². The van der Waals surface area contributed by atoms with Gasteiger partial charge in [-0.3, -0.25) is 9.10 Å². The van der Waals surface area contributed by atoms with Crippen LogP contribution in [0, 0.1) is 0 Å². The highest BCUT2D eigenvalue weighted by Crippen LogP contribution is 2.33. The number of benzene rings is 2. The van der Waals surface area contributed by atoms with Gasteiger partial charge in [0.05, 0.1) is 32.4 Å². The van der Waals surface area contributed by atoms with Crippen LogP contribution in [0.2, 0.25) is 5.02 Å². The number of hydrogen-bond donors (Lipinski definition) is 1. The molecule has 0 bridgehead atoms. The molecule has 0 spiro atoms. The molecule has 8 nitrogen and oxygen atoms in total. The van der Waals surface area contributed by atoms with Crippen LogP contribution in [-0.2, 0) is 14.8 Å². The van der Waals surface area contributed by atoms with E-state index in [1.54, 1.807) is 36.4 Å². The van der Waals surface area contributed by atoms with E-state index in [-0.39, 0.29) is 11.4 Å². The number of sulfonamides is 1. The molecule has 0 aliphatic carbocycles.